The lowest BCUT2D eigenvalue weighted by Crippen LogP contribution is -2.41. The van der Waals surface area contributed by atoms with Gasteiger partial charge < -0.3 is 13.9 Å². The predicted molar refractivity (Wildman–Crippen MR) is 79.3 cm³/mol. The molecule has 0 bridgehead atoms. The Hall–Kier alpha value is -1.59. The normalized spacial score (nSPS) is 20.3. The molecule has 104 valence electrons. The van der Waals surface area contributed by atoms with Crippen molar-refractivity contribution in [2.24, 2.45) is 0 Å². The first-order valence-corrected chi connectivity index (χ1v) is 6.84. The number of benzene rings is 1. The van der Waals surface area contributed by atoms with Crippen LogP contribution in [0.2, 0.25) is 0 Å². The molecule has 1 aromatic carbocycles. The van der Waals surface area contributed by atoms with Crippen LogP contribution in [0.25, 0.3) is 5.69 Å². The number of rotatable bonds is 2. The largest absolute Gasteiger partial charge is 0.514 e. The predicted octanol–water partition coefficient (Wildman–Crippen LogP) is 2.17. The molecule has 0 N–H and O–H groups in total. The molecule has 20 heavy (non-hydrogen) atoms. The van der Waals surface area contributed by atoms with Crippen molar-refractivity contribution in [3.63, 3.8) is 0 Å². The van der Waals surface area contributed by atoms with E-state index in [2.05, 4.69) is 32.7 Å². The van der Waals surface area contributed by atoms with Gasteiger partial charge in [-0.25, -0.2) is 4.98 Å². The van der Waals surface area contributed by atoms with E-state index in [-0.39, 0.29) is 11.2 Å². The van der Waals surface area contributed by atoms with Crippen LogP contribution in [0.5, 0.6) is 0 Å². The van der Waals surface area contributed by atoms with Gasteiger partial charge in [0, 0.05) is 11.9 Å². The highest BCUT2D eigenvalue weighted by molar-refractivity contribution is 6.61. The van der Waals surface area contributed by atoms with Crippen molar-refractivity contribution in [1.29, 1.82) is 0 Å². The van der Waals surface area contributed by atoms with Crippen LogP contribution in [-0.4, -0.2) is 27.9 Å². The molecular weight excluding hydrogens is 251 g/mol. The lowest BCUT2D eigenvalue weighted by Gasteiger charge is -2.32. The number of para-hydroxylation sites is 1. The zero-order valence-corrected chi connectivity index (χ0v) is 12.3. The quantitative estimate of drug-likeness (QED) is 0.785. The van der Waals surface area contributed by atoms with Gasteiger partial charge in [-0.05, 0) is 39.8 Å². The highest BCUT2D eigenvalue weighted by Gasteiger charge is 2.52. The Labute approximate surface area is 119 Å². The summed E-state index contributed by atoms with van der Waals surface area (Å²) in [4.78, 5) is 4.24. The highest BCUT2D eigenvalue weighted by Crippen LogP contribution is 2.36. The van der Waals surface area contributed by atoms with Crippen LogP contribution in [0.4, 0.5) is 0 Å². The van der Waals surface area contributed by atoms with Gasteiger partial charge in [0.2, 0.25) is 0 Å². The van der Waals surface area contributed by atoms with E-state index in [9.17, 15) is 0 Å². The third kappa shape index (κ3) is 2.07. The number of hydrogen-bond acceptors (Lipinski definition) is 3. The summed E-state index contributed by atoms with van der Waals surface area (Å²) in [6, 6.07) is 10.1. The van der Waals surface area contributed by atoms with E-state index in [4.69, 9.17) is 9.31 Å². The van der Waals surface area contributed by atoms with Gasteiger partial charge in [-0.3, -0.25) is 0 Å². The minimum Gasteiger partial charge on any atom is -0.398 e. The molecule has 0 atom stereocenters. The Kier molecular flexibility index (Phi) is 2.99. The second kappa shape index (κ2) is 4.47. The van der Waals surface area contributed by atoms with Crippen molar-refractivity contribution in [2.75, 3.05) is 0 Å². The van der Waals surface area contributed by atoms with Crippen LogP contribution >= 0.6 is 0 Å². The van der Waals surface area contributed by atoms with Crippen LogP contribution in [-0.2, 0) is 9.31 Å². The molecule has 0 unspecified atom stereocenters. The highest BCUT2D eigenvalue weighted by atomic mass is 16.7. The van der Waals surface area contributed by atoms with Crippen LogP contribution < -0.4 is 5.59 Å². The molecule has 2 aromatic rings. The lowest BCUT2D eigenvalue weighted by molar-refractivity contribution is 0.00578. The van der Waals surface area contributed by atoms with Gasteiger partial charge in [-0.15, -0.1) is 0 Å². The van der Waals surface area contributed by atoms with Crippen LogP contribution in [0.1, 0.15) is 27.7 Å². The van der Waals surface area contributed by atoms with Crippen molar-refractivity contribution in [3.8, 4) is 5.69 Å². The van der Waals surface area contributed by atoms with Crippen molar-refractivity contribution in [1.82, 2.24) is 9.55 Å². The van der Waals surface area contributed by atoms with Crippen molar-refractivity contribution < 1.29 is 9.31 Å². The maximum Gasteiger partial charge on any atom is 0.514 e. The number of imidazole rings is 1. The Bertz CT molecular complexity index is 591. The van der Waals surface area contributed by atoms with Gasteiger partial charge in [0.1, 0.15) is 0 Å². The van der Waals surface area contributed by atoms with Gasteiger partial charge in [-0.2, -0.15) is 0 Å². The first-order valence-electron chi connectivity index (χ1n) is 6.84. The first kappa shape index (κ1) is 13.4. The first-order chi connectivity index (χ1) is 9.41. The third-order valence-electron chi connectivity index (χ3n) is 4.20. The molecule has 1 aliphatic rings. The maximum absolute atomic E-state index is 6.09. The standard InChI is InChI=1S/C15H19BN2O2/c1-14(2)15(3,4)20-16(19-14)13-10-17-11-18(13)12-8-6-5-7-9-12/h5-11H,1-4H3. The Morgan fingerprint density at radius 3 is 2.20 bits per heavy atom. The number of nitrogens with zero attached hydrogens (tertiary/aromatic N) is 2. The molecule has 1 saturated heterocycles. The average Bonchev–Trinajstić information content (AvgIpc) is 2.94. The SMILES string of the molecule is CC1(C)OB(c2cncn2-c2ccccc2)OC1(C)C. The second-order valence-corrected chi connectivity index (χ2v) is 6.11. The van der Waals surface area contributed by atoms with Crippen molar-refractivity contribution >= 4 is 12.7 Å². The molecule has 2 heterocycles. The van der Waals surface area contributed by atoms with E-state index in [1.54, 1.807) is 12.5 Å². The average molecular weight is 270 g/mol. The molecule has 1 aliphatic heterocycles. The van der Waals surface area contributed by atoms with E-state index in [0.717, 1.165) is 11.3 Å². The fraction of sp³-hybridized carbons (Fsp3) is 0.400. The number of aromatic nitrogens is 2. The summed E-state index contributed by atoms with van der Waals surface area (Å²) in [7, 11) is -0.400. The molecule has 5 heteroatoms. The lowest BCUT2D eigenvalue weighted by atomic mass is 9.85. The van der Waals surface area contributed by atoms with Gasteiger partial charge in [0.05, 0.1) is 23.1 Å². The summed E-state index contributed by atoms with van der Waals surface area (Å²) in [5.41, 5.74) is 1.27. The van der Waals surface area contributed by atoms with E-state index in [0.29, 0.717) is 0 Å². The van der Waals surface area contributed by atoms with Gasteiger partial charge in [0.25, 0.3) is 0 Å². The summed E-state index contributed by atoms with van der Waals surface area (Å²) in [5, 5.41) is 0. The summed E-state index contributed by atoms with van der Waals surface area (Å²) < 4.78 is 14.2. The summed E-state index contributed by atoms with van der Waals surface area (Å²) in [6.07, 6.45) is 3.59. The van der Waals surface area contributed by atoms with Crippen LogP contribution in [0.15, 0.2) is 42.9 Å². The topological polar surface area (TPSA) is 36.3 Å². The van der Waals surface area contributed by atoms with Crippen molar-refractivity contribution in [3.05, 3.63) is 42.9 Å². The number of hydrogen-bond donors (Lipinski definition) is 0. The van der Waals surface area contributed by atoms with Crippen molar-refractivity contribution in [2.45, 2.75) is 38.9 Å². The Morgan fingerprint density at radius 1 is 1.00 bits per heavy atom. The molecule has 0 amide bonds. The molecular formula is C15H19BN2O2. The summed E-state index contributed by atoms with van der Waals surface area (Å²) in [5.74, 6) is 0. The summed E-state index contributed by atoms with van der Waals surface area (Å²) in [6.45, 7) is 8.21. The fourth-order valence-electron chi connectivity index (χ4n) is 2.25. The fourth-order valence-corrected chi connectivity index (χ4v) is 2.25. The smallest absolute Gasteiger partial charge is 0.398 e. The minimum absolute atomic E-state index is 0.344. The second-order valence-electron chi connectivity index (χ2n) is 6.11. The monoisotopic (exact) mass is 270 g/mol. The van der Waals surface area contributed by atoms with Gasteiger partial charge >= 0.3 is 7.12 Å². The molecule has 4 nitrogen and oxygen atoms in total. The minimum atomic E-state index is -0.400. The Balaban J connectivity index is 1.96. The molecule has 1 aromatic heterocycles. The van der Waals surface area contributed by atoms with Crippen LogP contribution in [0.3, 0.4) is 0 Å². The zero-order valence-electron chi connectivity index (χ0n) is 12.3. The summed E-state index contributed by atoms with van der Waals surface area (Å²) >= 11 is 0. The zero-order chi connectivity index (χ0) is 14.4. The molecule has 0 aliphatic carbocycles. The van der Waals surface area contributed by atoms with E-state index < -0.39 is 7.12 Å². The molecule has 0 spiro atoms. The van der Waals surface area contributed by atoms with E-state index in [1.165, 1.54) is 0 Å². The molecule has 3 rings (SSSR count). The molecule has 1 fully saturated rings. The van der Waals surface area contributed by atoms with Gasteiger partial charge in [0.15, 0.2) is 0 Å². The molecule has 0 radical (unpaired) electrons. The van der Waals surface area contributed by atoms with Crippen LogP contribution in [0, 0.1) is 0 Å². The molecule has 0 saturated carbocycles. The van der Waals surface area contributed by atoms with E-state index in [1.807, 2.05) is 34.9 Å². The third-order valence-corrected chi connectivity index (χ3v) is 4.20. The Morgan fingerprint density at radius 2 is 1.60 bits per heavy atom. The maximum atomic E-state index is 6.09. The van der Waals surface area contributed by atoms with Gasteiger partial charge in [-0.1, -0.05) is 18.2 Å². The van der Waals surface area contributed by atoms with E-state index >= 15 is 0 Å².